The van der Waals surface area contributed by atoms with Crippen molar-refractivity contribution in [3.8, 4) is 0 Å². The molecule has 0 aliphatic heterocycles. The van der Waals surface area contributed by atoms with Crippen LogP contribution in [0.15, 0.2) is 34.7 Å². The van der Waals surface area contributed by atoms with E-state index in [1.807, 2.05) is 30.3 Å². The predicted octanol–water partition coefficient (Wildman–Crippen LogP) is 1.31. The van der Waals surface area contributed by atoms with Gasteiger partial charge in [-0.05, 0) is 5.56 Å². The molecule has 1 aromatic heterocycles. The van der Waals surface area contributed by atoms with E-state index in [0.717, 1.165) is 5.56 Å². The van der Waals surface area contributed by atoms with Crippen LogP contribution in [0.1, 0.15) is 11.5 Å². The van der Waals surface area contributed by atoms with Gasteiger partial charge in [0.15, 0.2) is 0 Å². The van der Waals surface area contributed by atoms with Gasteiger partial charge in [-0.1, -0.05) is 30.3 Å². The van der Waals surface area contributed by atoms with Crippen LogP contribution in [0.4, 0.5) is 0 Å². The zero-order chi connectivity index (χ0) is 9.97. The smallest absolute Gasteiger partial charge is 0.312 e. The van der Waals surface area contributed by atoms with Crippen LogP contribution in [-0.4, -0.2) is 9.78 Å². The lowest BCUT2D eigenvalue weighted by Gasteiger charge is -1.98. The molecule has 4 heteroatoms. The van der Waals surface area contributed by atoms with Gasteiger partial charge in [-0.15, -0.1) is 5.10 Å². The Morgan fingerprint density at radius 3 is 2.64 bits per heavy atom. The molecule has 1 N–H and O–H groups in total. The fraction of sp³-hybridized carbons (Fsp3) is 0.200. The second kappa shape index (κ2) is 3.49. The van der Waals surface area contributed by atoms with Crippen molar-refractivity contribution in [2.45, 2.75) is 13.5 Å². The van der Waals surface area contributed by atoms with Crippen LogP contribution in [0.3, 0.4) is 0 Å². The molecule has 0 fully saturated rings. The SMILES string of the molecule is Cc1nn(Cc2ccccc2)c(=N)o1. The molecule has 0 atom stereocenters. The van der Waals surface area contributed by atoms with Gasteiger partial charge in [0.25, 0.3) is 0 Å². The molecule has 4 nitrogen and oxygen atoms in total. The van der Waals surface area contributed by atoms with Gasteiger partial charge in [0, 0.05) is 6.92 Å². The highest BCUT2D eigenvalue weighted by Crippen LogP contribution is 1.99. The topological polar surface area (TPSA) is 54.8 Å². The lowest BCUT2D eigenvalue weighted by Crippen LogP contribution is -2.16. The van der Waals surface area contributed by atoms with E-state index in [4.69, 9.17) is 9.83 Å². The third kappa shape index (κ3) is 1.74. The summed E-state index contributed by atoms with van der Waals surface area (Å²) in [4.78, 5) is 0. The molecule has 14 heavy (non-hydrogen) atoms. The van der Waals surface area contributed by atoms with E-state index in [0.29, 0.717) is 12.4 Å². The first-order chi connectivity index (χ1) is 6.75. The van der Waals surface area contributed by atoms with Crippen LogP contribution in [0.5, 0.6) is 0 Å². The van der Waals surface area contributed by atoms with Crippen molar-refractivity contribution in [1.29, 1.82) is 5.41 Å². The Morgan fingerprint density at radius 2 is 2.07 bits per heavy atom. The average Bonchev–Trinajstić information content (AvgIpc) is 2.47. The summed E-state index contributed by atoms with van der Waals surface area (Å²) in [5.41, 5.74) is 1.20. The molecule has 0 aliphatic rings. The van der Waals surface area contributed by atoms with E-state index in [1.54, 1.807) is 6.92 Å². The van der Waals surface area contributed by atoms with E-state index in [-0.39, 0.29) is 5.68 Å². The Hall–Kier alpha value is -1.84. The van der Waals surface area contributed by atoms with Crippen molar-refractivity contribution in [3.63, 3.8) is 0 Å². The summed E-state index contributed by atoms with van der Waals surface area (Å²) in [6.45, 7) is 2.32. The van der Waals surface area contributed by atoms with Crippen LogP contribution in [0, 0.1) is 12.3 Å². The van der Waals surface area contributed by atoms with Gasteiger partial charge in [0.2, 0.25) is 5.89 Å². The first-order valence-corrected chi connectivity index (χ1v) is 4.39. The molecule has 1 heterocycles. The number of hydrogen-bond acceptors (Lipinski definition) is 3. The maximum atomic E-state index is 7.47. The van der Waals surface area contributed by atoms with Crippen molar-refractivity contribution in [2.24, 2.45) is 0 Å². The molecule has 0 spiro atoms. The van der Waals surface area contributed by atoms with Crippen LogP contribution >= 0.6 is 0 Å². The third-order valence-corrected chi connectivity index (χ3v) is 1.92. The number of aromatic nitrogens is 2. The second-order valence-electron chi connectivity index (χ2n) is 3.07. The highest BCUT2D eigenvalue weighted by molar-refractivity contribution is 5.14. The number of nitrogens with zero attached hydrogens (tertiary/aromatic N) is 2. The average molecular weight is 189 g/mol. The van der Waals surface area contributed by atoms with E-state index >= 15 is 0 Å². The van der Waals surface area contributed by atoms with Crippen molar-refractivity contribution in [3.05, 3.63) is 47.5 Å². The number of aryl methyl sites for hydroxylation is 1. The molecule has 1 aromatic carbocycles. The lowest BCUT2D eigenvalue weighted by atomic mass is 10.2. The second-order valence-corrected chi connectivity index (χ2v) is 3.07. The van der Waals surface area contributed by atoms with Crippen molar-refractivity contribution < 1.29 is 4.42 Å². The van der Waals surface area contributed by atoms with Crippen LogP contribution in [0.2, 0.25) is 0 Å². The fourth-order valence-electron chi connectivity index (χ4n) is 1.29. The first kappa shape index (κ1) is 8.74. The Morgan fingerprint density at radius 1 is 1.36 bits per heavy atom. The molecule has 0 bridgehead atoms. The minimum absolute atomic E-state index is 0.0892. The Labute approximate surface area is 81.3 Å². The summed E-state index contributed by atoms with van der Waals surface area (Å²) in [5, 5.41) is 11.5. The molecule has 0 unspecified atom stereocenters. The molecule has 0 saturated heterocycles. The van der Waals surface area contributed by atoms with Gasteiger partial charge >= 0.3 is 5.68 Å². The van der Waals surface area contributed by atoms with Gasteiger partial charge in [-0.2, -0.15) is 0 Å². The molecule has 0 saturated carbocycles. The largest absolute Gasteiger partial charge is 0.409 e. The summed E-state index contributed by atoms with van der Waals surface area (Å²) in [6.07, 6.45) is 0. The molecular weight excluding hydrogens is 178 g/mol. The Kier molecular flexibility index (Phi) is 2.18. The van der Waals surface area contributed by atoms with Crippen LogP contribution in [-0.2, 0) is 6.54 Å². The highest BCUT2D eigenvalue weighted by atomic mass is 16.4. The highest BCUT2D eigenvalue weighted by Gasteiger charge is 2.01. The Balaban J connectivity index is 2.28. The molecule has 2 rings (SSSR count). The minimum atomic E-state index is 0.0892. The number of rotatable bonds is 2. The third-order valence-electron chi connectivity index (χ3n) is 1.92. The minimum Gasteiger partial charge on any atom is -0.409 e. The van der Waals surface area contributed by atoms with Gasteiger partial charge in [0.1, 0.15) is 0 Å². The number of benzene rings is 1. The zero-order valence-corrected chi connectivity index (χ0v) is 7.90. The summed E-state index contributed by atoms with van der Waals surface area (Å²) in [6, 6.07) is 9.88. The van der Waals surface area contributed by atoms with E-state index in [1.165, 1.54) is 4.68 Å². The maximum absolute atomic E-state index is 7.47. The predicted molar refractivity (Wildman–Crippen MR) is 50.6 cm³/mol. The molecule has 0 aliphatic carbocycles. The van der Waals surface area contributed by atoms with Gasteiger partial charge in [-0.25, -0.2) is 10.1 Å². The molecule has 2 aromatic rings. The normalized spacial score (nSPS) is 10.4. The monoisotopic (exact) mass is 189 g/mol. The standard InChI is InChI=1S/C10H11N3O/c1-8-12-13(10(11)14-8)7-9-5-3-2-4-6-9/h2-6,11H,7H2,1H3. The van der Waals surface area contributed by atoms with Gasteiger partial charge < -0.3 is 4.42 Å². The maximum Gasteiger partial charge on any atom is 0.312 e. The van der Waals surface area contributed by atoms with Crippen molar-refractivity contribution in [2.75, 3.05) is 0 Å². The molecular formula is C10H11N3O. The summed E-state index contributed by atoms with van der Waals surface area (Å²) in [7, 11) is 0. The number of nitrogens with one attached hydrogen (secondary N) is 1. The summed E-state index contributed by atoms with van der Waals surface area (Å²) >= 11 is 0. The van der Waals surface area contributed by atoms with Crippen LogP contribution < -0.4 is 5.68 Å². The first-order valence-electron chi connectivity index (χ1n) is 4.39. The Bertz CT molecular complexity index is 470. The van der Waals surface area contributed by atoms with Gasteiger partial charge in [-0.3, -0.25) is 0 Å². The molecule has 0 amide bonds. The van der Waals surface area contributed by atoms with Crippen molar-refractivity contribution >= 4 is 0 Å². The van der Waals surface area contributed by atoms with E-state index < -0.39 is 0 Å². The van der Waals surface area contributed by atoms with E-state index in [2.05, 4.69) is 5.10 Å². The summed E-state index contributed by atoms with van der Waals surface area (Å²) in [5.74, 6) is 0.519. The molecule has 72 valence electrons. The van der Waals surface area contributed by atoms with Crippen molar-refractivity contribution in [1.82, 2.24) is 9.78 Å². The lowest BCUT2D eigenvalue weighted by molar-refractivity contribution is 0.440. The fourth-order valence-corrected chi connectivity index (χ4v) is 1.29. The van der Waals surface area contributed by atoms with Gasteiger partial charge in [0.05, 0.1) is 6.54 Å². The summed E-state index contributed by atoms with van der Waals surface area (Å²) < 4.78 is 6.54. The van der Waals surface area contributed by atoms with E-state index in [9.17, 15) is 0 Å². The molecule has 0 radical (unpaired) electrons. The van der Waals surface area contributed by atoms with Crippen LogP contribution in [0.25, 0.3) is 0 Å². The zero-order valence-electron chi connectivity index (χ0n) is 7.90. The quantitative estimate of drug-likeness (QED) is 0.774. The number of hydrogen-bond donors (Lipinski definition) is 1.